The fraction of sp³-hybridized carbons (Fsp3) is 0.182. The first-order chi connectivity index (χ1) is 14.1. The maximum absolute atomic E-state index is 12.5. The maximum Gasteiger partial charge on any atom is 0.342 e. The lowest BCUT2D eigenvalue weighted by atomic mass is 10.1. The zero-order valence-electron chi connectivity index (χ0n) is 15.7. The van der Waals surface area contributed by atoms with Crippen molar-refractivity contribution in [3.05, 3.63) is 81.8 Å². The van der Waals surface area contributed by atoms with E-state index in [1.807, 2.05) is 36.4 Å². The van der Waals surface area contributed by atoms with Gasteiger partial charge in [-0.15, -0.1) is 11.3 Å². The Morgan fingerprint density at radius 2 is 1.86 bits per heavy atom. The van der Waals surface area contributed by atoms with E-state index in [0.29, 0.717) is 17.4 Å². The minimum atomic E-state index is -1.05. The largest absolute Gasteiger partial charge is 0.488 e. The first-order valence-electron chi connectivity index (χ1n) is 8.85. The number of hydrogen-bond acceptors (Lipinski definition) is 7. The van der Waals surface area contributed by atoms with Gasteiger partial charge >= 0.3 is 5.97 Å². The van der Waals surface area contributed by atoms with Crippen molar-refractivity contribution in [1.29, 1.82) is 5.26 Å². The lowest BCUT2D eigenvalue weighted by Gasteiger charge is -2.11. The van der Waals surface area contributed by atoms with Crippen molar-refractivity contribution in [2.75, 3.05) is 6.61 Å². The van der Waals surface area contributed by atoms with E-state index >= 15 is 0 Å². The number of Topliss-reactive ketones (excluding diaryl/α,β-unsaturated/α-hetero) is 1. The Hall–Kier alpha value is -3.50. The van der Waals surface area contributed by atoms with Crippen LogP contribution in [0.3, 0.4) is 0 Å². The van der Waals surface area contributed by atoms with Gasteiger partial charge in [0.1, 0.15) is 22.9 Å². The molecule has 1 aromatic heterocycles. The van der Waals surface area contributed by atoms with E-state index in [0.717, 1.165) is 11.3 Å². The van der Waals surface area contributed by atoms with Crippen molar-refractivity contribution in [1.82, 2.24) is 4.98 Å². The number of rotatable bonds is 8. The van der Waals surface area contributed by atoms with Crippen LogP contribution in [0.15, 0.2) is 60.0 Å². The van der Waals surface area contributed by atoms with E-state index in [2.05, 4.69) is 4.98 Å². The monoisotopic (exact) mass is 406 g/mol. The number of hydrogen-bond donors (Lipinski definition) is 0. The maximum atomic E-state index is 12.5. The quantitative estimate of drug-likeness (QED) is 0.524. The number of benzene rings is 2. The number of carbonyl (C=O) groups is 2. The van der Waals surface area contributed by atoms with Gasteiger partial charge in [-0.2, -0.15) is 5.26 Å². The first kappa shape index (κ1) is 20.2. The molecule has 1 heterocycles. The lowest BCUT2D eigenvalue weighted by Crippen LogP contribution is -2.20. The molecule has 0 bridgehead atoms. The van der Waals surface area contributed by atoms with Gasteiger partial charge in [0, 0.05) is 11.1 Å². The summed E-state index contributed by atoms with van der Waals surface area (Å²) in [6.45, 7) is 1.57. The van der Waals surface area contributed by atoms with Gasteiger partial charge in [-0.1, -0.05) is 42.5 Å². The Bertz CT molecular complexity index is 1040. The van der Waals surface area contributed by atoms with Gasteiger partial charge in [0.2, 0.25) is 0 Å². The highest BCUT2D eigenvalue weighted by Gasteiger charge is 2.25. The fourth-order valence-electron chi connectivity index (χ4n) is 2.56. The van der Waals surface area contributed by atoms with Gasteiger partial charge in [0.05, 0.1) is 6.07 Å². The van der Waals surface area contributed by atoms with E-state index in [1.54, 1.807) is 36.6 Å². The van der Waals surface area contributed by atoms with Crippen molar-refractivity contribution in [2.45, 2.75) is 19.4 Å². The summed E-state index contributed by atoms with van der Waals surface area (Å²) in [5, 5.41) is 11.5. The van der Waals surface area contributed by atoms with Crippen LogP contribution in [0.1, 0.15) is 32.5 Å². The number of ketones is 1. The Kier molecular flexibility index (Phi) is 6.72. The second-order valence-corrected chi connectivity index (χ2v) is 7.09. The molecule has 0 aliphatic rings. The predicted molar refractivity (Wildman–Crippen MR) is 108 cm³/mol. The molecule has 0 fully saturated rings. The third-order valence-electron chi connectivity index (χ3n) is 4.02. The van der Waals surface area contributed by atoms with Crippen LogP contribution >= 0.6 is 11.3 Å². The third-order valence-corrected chi connectivity index (χ3v) is 5.05. The van der Waals surface area contributed by atoms with E-state index in [4.69, 9.17) is 9.47 Å². The molecule has 0 saturated carbocycles. The minimum Gasteiger partial charge on any atom is -0.488 e. The summed E-state index contributed by atoms with van der Waals surface area (Å²) in [4.78, 5) is 29.0. The molecular formula is C22H18N2O4S. The number of esters is 1. The normalized spacial score (nSPS) is 11.3. The average molecular weight is 406 g/mol. The zero-order chi connectivity index (χ0) is 20.6. The highest BCUT2D eigenvalue weighted by Crippen LogP contribution is 2.23. The molecule has 3 aromatic rings. The summed E-state index contributed by atoms with van der Waals surface area (Å²) in [7, 11) is 0. The third kappa shape index (κ3) is 5.27. The van der Waals surface area contributed by atoms with Crippen LogP contribution in [0.5, 0.6) is 5.75 Å². The SMILES string of the molecule is Cc1csc([C@H](C#N)C(=O)COC(=O)c2ccccc2OCc2ccccc2)n1. The van der Waals surface area contributed by atoms with Crippen LogP contribution in [-0.2, 0) is 16.1 Å². The van der Waals surface area contributed by atoms with Crippen molar-refractivity contribution < 1.29 is 19.1 Å². The van der Waals surface area contributed by atoms with Crippen molar-refractivity contribution >= 4 is 23.1 Å². The van der Waals surface area contributed by atoms with Crippen molar-refractivity contribution in [2.24, 2.45) is 0 Å². The average Bonchev–Trinajstić information content (AvgIpc) is 3.17. The van der Waals surface area contributed by atoms with Crippen LogP contribution in [0.4, 0.5) is 0 Å². The molecule has 0 saturated heterocycles. The highest BCUT2D eigenvalue weighted by molar-refractivity contribution is 7.09. The van der Waals surface area contributed by atoms with E-state index in [1.165, 1.54) is 11.3 Å². The van der Waals surface area contributed by atoms with Gasteiger partial charge in [-0.3, -0.25) is 4.79 Å². The van der Waals surface area contributed by atoms with Crippen LogP contribution in [0, 0.1) is 18.3 Å². The molecule has 146 valence electrons. The van der Waals surface area contributed by atoms with Crippen molar-refractivity contribution in [3.63, 3.8) is 0 Å². The molecule has 0 amide bonds. The molecule has 0 spiro atoms. The summed E-state index contributed by atoms with van der Waals surface area (Å²) in [5.41, 5.74) is 1.91. The van der Waals surface area contributed by atoms with Gasteiger partial charge in [0.25, 0.3) is 0 Å². The molecule has 1 atom stereocenters. The Labute approximate surface area is 172 Å². The number of carbonyl (C=O) groups excluding carboxylic acids is 2. The number of para-hydroxylation sites is 1. The molecule has 0 aliphatic carbocycles. The molecule has 0 radical (unpaired) electrons. The van der Waals surface area contributed by atoms with E-state index in [-0.39, 0.29) is 5.56 Å². The second-order valence-electron chi connectivity index (χ2n) is 6.20. The topological polar surface area (TPSA) is 89.3 Å². The summed E-state index contributed by atoms with van der Waals surface area (Å²) in [6, 6.07) is 18.1. The predicted octanol–water partition coefficient (Wildman–Crippen LogP) is 4.06. The molecule has 29 heavy (non-hydrogen) atoms. The molecule has 0 unspecified atom stereocenters. The number of nitrogens with zero attached hydrogens (tertiary/aromatic N) is 2. The number of aryl methyl sites for hydroxylation is 1. The Morgan fingerprint density at radius 3 is 2.55 bits per heavy atom. The zero-order valence-corrected chi connectivity index (χ0v) is 16.5. The van der Waals surface area contributed by atoms with Gasteiger partial charge < -0.3 is 9.47 Å². The molecule has 2 aromatic carbocycles. The van der Waals surface area contributed by atoms with Crippen molar-refractivity contribution in [3.8, 4) is 11.8 Å². The summed E-state index contributed by atoms with van der Waals surface area (Å²) >= 11 is 1.23. The summed E-state index contributed by atoms with van der Waals surface area (Å²) in [6.07, 6.45) is 0. The van der Waals surface area contributed by atoms with Gasteiger partial charge in [-0.25, -0.2) is 9.78 Å². The molecule has 0 N–H and O–H groups in total. The smallest absolute Gasteiger partial charge is 0.342 e. The molecule has 7 heteroatoms. The number of nitriles is 1. The minimum absolute atomic E-state index is 0.217. The molecule has 0 aliphatic heterocycles. The summed E-state index contributed by atoms with van der Waals surface area (Å²) in [5.74, 6) is -1.89. The van der Waals surface area contributed by atoms with Crippen LogP contribution in [-0.4, -0.2) is 23.3 Å². The van der Waals surface area contributed by atoms with E-state index < -0.39 is 24.3 Å². The Balaban J connectivity index is 1.63. The van der Waals surface area contributed by atoms with Gasteiger partial charge in [-0.05, 0) is 24.6 Å². The standard InChI is InChI=1S/C22H18N2O4S/c1-15-14-29-21(24-15)18(11-23)19(25)13-28-22(26)17-9-5-6-10-20(17)27-12-16-7-3-2-4-8-16/h2-10,14,18H,12-13H2,1H3/t18-/m1/s1. The Morgan fingerprint density at radius 1 is 1.14 bits per heavy atom. The second kappa shape index (κ2) is 9.62. The van der Waals surface area contributed by atoms with Crippen LogP contribution in [0.2, 0.25) is 0 Å². The molecule has 3 rings (SSSR count). The molecule has 6 nitrogen and oxygen atoms in total. The lowest BCUT2D eigenvalue weighted by molar-refractivity contribution is -0.122. The van der Waals surface area contributed by atoms with Crippen LogP contribution in [0.25, 0.3) is 0 Å². The fourth-order valence-corrected chi connectivity index (χ4v) is 3.42. The van der Waals surface area contributed by atoms with Crippen LogP contribution < -0.4 is 4.74 Å². The first-order valence-corrected chi connectivity index (χ1v) is 9.73. The molecular weight excluding hydrogens is 388 g/mol. The number of thiazole rings is 1. The van der Waals surface area contributed by atoms with E-state index in [9.17, 15) is 14.9 Å². The highest BCUT2D eigenvalue weighted by atomic mass is 32.1. The number of aromatic nitrogens is 1. The summed E-state index contributed by atoms with van der Waals surface area (Å²) < 4.78 is 10.9. The number of ether oxygens (including phenoxy) is 2. The van der Waals surface area contributed by atoms with Gasteiger partial charge in [0.15, 0.2) is 18.3 Å².